The standard InChI is InChI=1S/C15H17NO4/c1-20-10-4-2-9(3-5-10)12(14(18)19)16-13(17)11-8-15(11)6-7-15/h2-5,11-12H,6-8H2,1H3,(H,16,17)(H,18,19). The summed E-state index contributed by atoms with van der Waals surface area (Å²) >= 11 is 0. The molecule has 2 fully saturated rings. The number of ether oxygens (including phenoxy) is 1. The minimum atomic E-state index is -1.05. The summed E-state index contributed by atoms with van der Waals surface area (Å²) in [5.74, 6) is -0.509. The number of hydrogen-bond acceptors (Lipinski definition) is 3. The van der Waals surface area contributed by atoms with E-state index in [1.165, 1.54) is 0 Å². The highest BCUT2D eigenvalue weighted by atomic mass is 16.5. The molecule has 0 heterocycles. The zero-order valence-electron chi connectivity index (χ0n) is 11.3. The van der Waals surface area contributed by atoms with E-state index in [2.05, 4.69) is 5.32 Å². The average Bonchev–Trinajstić information content (AvgIpc) is 3.36. The molecule has 2 aliphatic carbocycles. The smallest absolute Gasteiger partial charge is 0.330 e. The van der Waals surface area contributed by atoms with Crippen LogP contribution in [-0.2, 0) is 9.59 Å². The van der Waals surface area contributed by atoms with Gasteiger partial charge in [0.15, 0.2) is 6.04 Å². The van der Waals surface area contributed by atoms with Gasteiger partial charge in [0.25, 0.3) is 0 Å². The van der Waals surface area contributed by atoms with E-state index < -0.39 is 12.0 Å². The third-order valence-electron chi connectivity index (χ3n) is 4.38. The number of carboxylic acids is 1. The van der Waals surface area contributed by atoms with Gasteiger partial charge in [0, 0.05) is 5.92 Å². The van der Waals surface area contributed by atoms with E-state index in [0.29, 0.717) is 11.3 Å². The summed E-state index contributed by atoms with van der Waals surface area (Å²) in [6.07, 6.45) is 3.12. The monoisotopic (exact) mass is 275 g/mol. The summed E-state index contributed by atoms with van der Waals surface area (Å²) in [6, 6.07) is 5.72. The average molecular weight is 275 g/mol. The molecule has 1 amide bonds. The Kier molecular flexibility index (Phi) is 2.92. The maximum atomic E-state index is 12.1. The first kappa shape index (κ1) is 13.0. The molecule has 1 spiro atoms. The Hall–Kier alpha value is -2.04. The number of aliphatic carboxylic acids is 1. The number of methoxy groups -OCH3 is 1. The summed E-state index contributed by atoms with van der Waals surface area (Å²) in [5.41, 5.74) is 0.782. The van der Waals surface area contributed by atoms with Gasteiger partial charge in [0.05, 0.1) is 7.11 Å². The predicted molar refractivity (Wildman–Crippen MR) is 71.3 cm³/mol. The van der Waals surface area contributed by atoms with Crippen molar-refractivity contribution in [3.63, 3.8) is 0 Å². The Labute approximate surface area is 116 Å². The van der Waals surface area contributed by atoms with Gasteiger partial charge >= 0.3 is 5.97 Å². The summed E-state index contributed by atoms with van der Waals surface area (Å²) in [7, 11) is 1.55. The molecule has 2 unspecified atom stereocenters. The van der Waals surface area contributed by atoms with E-state index >= 15 is 0 Å². The molecule has 106 valence electrons. The maximum absolute atomic E-state index is 12.1. The van der Waals surface area contributed by atoms with Crippen LogP contribution in [0.25, 0.3) is 0 Å². The summed E-state index contributed by atoms with van der Waals surface area (Å²) in [5, 5.41) is 12.0. The van der Waals surface area contributed by atoms with Crippen molar-refractivity contribution in [3.8, 4) is 5.75 Å². The van der Waals surface area contributed by atoms with Gasteiger partial charge in [-0.25, -0.2) is 4.79 Å². The van der Waals surface area contributed by atoms with Crippen LogP contribution in [0.5, 0.6) is 5.75 Å². The molecule has 0 bridgehead atoms. The van der Waals surface area contributed by atoms with E-state index in [-0.39, 0.29) is 17.2 Å². The summed E-state index contributed by atoms with van der Waals surface area (Å²) in [6.45, 7) is 0. The van der Waals surface area contributed by atoms with E-state index in [0.717, 1.165) is 19.3 Å². The topological polar surface area (TPSA) is 75.6 Å². The maximum Gasteiger partial charge on any atom is 0.330 e. The lowest BCUT2D eigenvalue weighted by Gasteiger charge is -2.15. The minimum Gasteiger partial charge on any atom is -0.497 e. The molecule has 0 radical (unpaired) electrons. The normalized spacial score (nSPS) is 22.9. The van der Waals surface area contributed by atoms with Gasteiger partial charge < -0.3 is 15.2 Å². The highest BCUT2D eigenvalue weighted by Gasteiger charge is 2.65. The fraction of sp³-hybridized carbons (Fsp3) is 0.467. The van der Waals surface area contributed by atoms with Crippen LogP contribution >= 0.6 is 0 Å². The molecule has 1 aromatic rings. The molecule has 0 saturated heterocycles. The molecule has 0 aliphatic heterocycles. The lowest BCUT2D eigenvalue weighted by molar-refractivity contribution is -0.142. The first-order valence-electron chi connectivity index (χ1n) is 6.73. The summed E-state index contributed by atoms with van der Waals surface area (Å²) in [4.78, 5) is 23.4. The fourth-order valence-corrected chi connectivity index (χ4v) is 2.76. The number of amides is 1. The van der Waals surface area contributed by atoms with E-state index in [4.69, 9.17) is 4.74 Å². The lowest BCUT2D eigenvalue weighted by Crippen LogP contribution is -2.35. The van der Waals surface area contributed by atoms with E-state index in [9.17, 15) is 14.7 Å². The number of carbonyl (C=O) groups is 2. The molecular formula is C15H17NO4. The SMILES string of the molecule is COc1ccc(C(NC(=O)C2CC23CC3)C(=O)O)cc1. The van der Waals surface area contributed by atoms with Crippen molar-refractivity contribution in [2.45, 2.75) is 25.3 Å². The Morgan fingerprint density at radius 2 is 2.00 bits per heavy atom. The second-order valence-electron chi connectivity index (χ2n) is 5.67. The van der Waals surface area contributed by atoms with Gasteiger partial charge in [0.1, 0.15) is 5.75 Å². The largest absolute Gasteiger partial charge is 0.497 e. The zero-order valence-corrected chi connectivity index (χ0v) is 11.3. The molecule has 0 aromatic heterocycles. The quantitative estimate of drug-likeness (QED) is 0.858. The molecule has 5 heteroatoms. The van der Waals surface area contributed by atoms with Crippen LogP contribution in [-0.4, -0.2) is 24.1 Å². The summed E-state index contributed by atoms with van der Waals surface area (Å²) < 4.78 is 5.04. The number of carboxylic acid groups (broad SMARTS) is 1. The van der Waals surface area contributed by atoms with Crippen molar-refractivity contribution in [1.29, 1.82) is 0 Å². The van der Waals surface area contributed by atoms with Crippen molar-refractivity contribution in [1.82, 2.24) is 5.32 Å². The van der Waals surface area contributed by atoms with Crippen LogP contribution in [0.2, 0.25) is 0 Å². The molecule has 1 aromatic carbocycles. The Morgan fingerprint density at radius 3 is 2.45 bits per heavy atom. The number of nitrogens with one attached hydrogen (secondary N) is 1. The van der Waals surface area contributed by atoms with Gasteiger partial charge in [-0.3, -0.25) is 4.79 Å². The van der Waals surface area contributed by atoms with Gasteiger partial charge in [-0.05, 0) is 42.4 Å². The molecule has 20 heavy (non-hydrogen) atoms. The van der Waals surface area contributed by atoms with Crippen LogP contribution < -0.4 is 10.1 Å². The Balaban J connectivity index is 1.71. The first-order valence-corrected chi connectivity index (χ1v) is 6.73. The molecule has 2 atom stereocenters. The molecule has 2 saturated carbocycles. The van der Waals surface area contributed by atoms with E-state index in [1.807, 2.05) is 0 Å². The van der Waals surface area contributed by atoms with Gasteiger partial charge in [-0.2, -0.15) is 0 Å². The van der Waals surface area contributed by atoms with Gasteiger partial charge in [-0.15, -0.1) is 0 Å². The highest BCUT2D eigenvalue weighted by molar-refractivity contribution is 5.88. The Bertz CT molecular complexity index is 547. The first-order chi connectivity index (χ1) is 9.55. The fourth-order valence-electron chi connectivity index (χ4n) is 2.76. The number of benzene rings is 1. The second kappa shape index (κ2) is 4.51. The number of hydrogen-bond donors (Lipinski definition) is 2. The lowest BCUT2D eigenvalue weighted by atomic mass is 10.1. The van der Waals surface area contributed by atoms with Gasteiger partial charge in [0.2, 0.25) is 5.91 Å². The molecule has 3 rings (SSSR count). The van der Waals surface area contributed by atoms with Crippen LogP contribution in [0.15, 0.2) is 24.3 Å². The van der Waals surface area contributed by atoms with Gasteiger partial charge in [-0.1, -0.05) is 12.1 Å². The highest BCUT2D eigenvalue weighted by Crippen LogP contribution is 2.70. The second-order valence-corrected chi connectivity index (χ2v) is 5.67. The van der Waals surface area contributed by atoms with Crippen molar-refractivity contribution < 1.29 is 19.4 Å². The van der Waals surface area contributed by atoms with Crippen molar-refractivity contribution in [2.75, 3.05) is 7.11 Å². The number of rotatable bonds is 5. The number of carbonyl (C=O) groups excluding carboxylic acids is 1. The predicted octanol–water partition coefficient (Wildman–Crippen LogP) is 1.74. The van der Waals surface area contributed by atoms with Crippen LogP contribution in [0.4, 0.5) is 0 Å². The third kappa shape index (κ3) is 2.24. The van der Waals surface area contributed by atoms with Crippen molar-refractivity contribution in [2.24, 2.45) is 11.3 Å². The Morgan fingerprint density at radius 1 is 1.35 bits per heavy atom. The van der Waals surface area contributed by atoms with Crippen LogP contribution in [0.3, 0.4) is 0 Å². The molecule has 5 nitrogen and oxygen atoms in total. The van der Waals surface area contributed by atoms with E-state index in [1.54, 1.807) is 31.4 Å². The van der Waals surface area contributed by atoms with Crippen LogP contribution in [0, 0.1) is 11.3 Å². The minimum absolute atomic E-state index is 0.0163. The van der Waals surface area contributed by atoms with Crippen LogP contribution in [0.1, 0.15) is 30.9 Å². The molecular weight excluding hydrogens is 258 g/mol. The molecule has 2 N–H and O–H groups in total. The zero-order chi connectivity index (χ0) is 14.3. The third-order valence-corrected chi connectivity index (χ3v) is 4.38. The van der Waals surface area contributed by atoms with Crippen molar-refractivity contribution in [3.05, 3.63) is 29.8 Å². The van der Waals surface area contributed by atoms with Crippen molar-refractivity contribution >= 4 is 11.9 Å². The molecule has 2 aliphatic rings.